The van der Waals surface area contributed by atoms with Gasteiger partial charge in [0.05, 0.1) is 0 Å². The highest BCUT2D eigenvalue weighted by Gasteiger charge is 2.19. The van der Waals surface area contributed by atoms with Crippen molar-refractivity contribution in [3.05, 3.63) is 33.2 Å². The monoisotopic (exact) mass is 246 g/mol. The Balaban J connectivity index is 2.86. The first kappa shape index (κ1) is 12.6. The molecule has 0 aliphatic heterocycles. The molecule has 0 amide bonds. The normalized spacial score (nSPS) is 12.4. The zero-order valence-electron chi connectivity index (χ0n) is 12.0. The Bertz CT molecular complexity index is 535. The molecule has 0 bridgehead atoms. The van der Waals surface area contributed by atoms with Crippen molar-refractivity contribution >= 4 is 21.4 Å². The van der Waals surface area contributed by atoms with Gasteiger partial charge >= 0.3 is 0 Å². The summed E-state index contributed by atoms with van der Waals surface area (Å²) >= 11 is 1.97. The van der Waals surface area contributed by atoms with Crippen LogP contribution < -0.4 is 0 Å². The van der Waals surface area contributed by atoms with Gasteiger partial charge in [-0.3, -0.25) is 0 Å². The lowest BCUT2D eigenvalue weighted by molar-refractivity contribution is 0.604. The number of aryl methyl sites for hydroxylation is 2. The second-order valence-corrected chi connectivity index (χ2v) is 7.16. The van der Waals surface area contributed by atoms with Gasteiger partial charge in [0.1, 0.15) is 0 Å². The molecule has 0 radical (unpaired) electrons. The third-order valence-electron chi connectivity index (χ3n) is 3.90. The Kier molecular flexibility index (Phi) is 2.86. The van der Waals surface area contributed by atoms with Crippen LogP contribution in [0.25, 0.3) is 10.1 Å². The van der Waals surface area contributed by atoms with Crippen molar-refractivity contribution in [3.8, 4) is 0 Å². The van der Waals surface area contributed by atoms with Gasteiger partial charge in [-0.15, -0.1) is 11.3 Å². The third-order valence-corrected chi connectivity index (χ3v) is 5.58. The molecule has 0 atom stereocenters. The molecule has 0 spiro atoms. The average Bonchev–Trinajstić information content (AvgIpc) is 2.67. The van der Waals surface area contributed by atoms with E-state index < -0.39 is 0 Å². The van der Waals surface area contributed by atoms with E-state index in [1.54, 1.807) is 0 Å². The highest BCUT2D eigenvalue weighted by atomic mass is 32.1. The van der Waals surface area contributed by atoms with E-state index in [1.807, 2.05) is 11.3 Å². The molecule has 0 aliphatic rings. The molecule has 1 heteroatoms. The Morgan fingerprint density at radius 2 is 1.35 bits per heavy atom. The van der Waals surface area contributed by atoms with Crippen molar-refractivity contribution < 1.29 is 0 Å². The fraction of sp³-hybridized carbons (Fsp3) is 0.500. The van der Waals surface area contributed by atoms with Gasteiger partial charge in [0, 0.05) is 9.58 Å². The minimum atomic E-state index is 0.254. The molecule has 0 fully saturated rings. The molecule has 92 valence electrons. The van der Waals surface area contributed by atoms with Crippen LogP contribution in [-0.4, -0.2) is 0 Å². The number of hydrogen-bond donors (Lipinski definition) is 0. The van der Waals surface area contributed by atoms with Crippen molar-refractivity contribution in [2.24, 2.45) is 0 Å². The van der Waals surface area contributed by atoms with Gasteiger partial charge in [0.2, 0.25) is 0 Å². The first-order valence-electron chi connectivity index (χ1n) is 6.24. The lowest BCUT2D eigenvalue weighted by Crippen LogP contribution is -2.07. The van der Waals surface area contributed by atoms with E-state index in [1.165, 1.54) is 37.2 Å². The predicted octanol–water partition coefficient (Wildman–Crippen LogP) is 5.43. The molecule has 0 aliphatic carbocycles. The summed E-state index contributed by atoms with van der Waals surface area (Å²) < 4.78 is 1.48. The summed E-state index contributed by atoms with van der Waals surface area (Å²) in [7, 11) is 0. The van der Waals surface area contributed by atoms with Crippen molar-refractivity contribution in [3.63, 3.8) is 0 Å². The number of thiophene rings is 1. The molecule has 17 heavy (non-hydrogen) atoms. The van der Waals surface area contributed by atoms with Crippen LogP contribution in [0.2, 0.25) is 0 Å². The van der Waals surface area contributed by atoms with Crippen molar-refractivity contribution in [1.29, 1.82) is 0 Å². The predicted molar refractivity (Wildman–Crippen MR) is 79.5 cm³/mol. The quantitative estimate of drug-likeness (QED) is 0.581. The fourth-order valence-corrected chi connectivity index (χ4v) is 3.58. The molecular weight excluding hydrogens is 224 g/mol. The zero-order valence-corrected chi connectivity index (χ0v) is 12.8. The van der Waals surface area contributed by atoms with E-state index in [0.29, 0.717) is 0 Å². The zero-order chi connectivity index (χ0) is 13.0. The van der Waals surface area contributed by atoms with Crippen LogP contribution >= 0.6 is 11.3 Å². The molecular formula is C16H22S. The van der Waals surface area contributed by atoms with Crippen LogP contribution in [0.15, 0.2) is 6.07 Å². The summed E-state index contributed by atoms with van der Waals surface area (Å²) in [6, 6.07) is 2.40. The minimum absolute atomic E-state index is 0.254. The maximum Gasteiger partial charge on any atom is 0.0380 e. The number of rotatable bonds is 0. The number of benzene rings is 1. The molecule has 0 unspecified atom stereocenters. The highest BCUT2D eigenvalue weighted by molar-refractivity contribution is 7.19. The van der Waals surface area contributed by atoms with Crippen LogP contribution in [0.3, 0.4) is 0 Å². The molecule has 0 saturated heterocycles. The molecule has 1 aromatic carbocycles. The fourth-order valence-electron chi connectivity index (χ4n) is 2.25. The number of hydrogen-bond acceptors (Lipinski definition) is 1. The first-order valence-corrected chi connectivity index (χ1v) is 7.05. The van der Waals surface area contributed by atoms with E-state index in [4.69, 9.17) is 0 Å². The largest absolute Gasteiger partial charge is 0.139 e. The van der Waals surface area contributed by atoms with Crippen LogP contribution in [0.1, 0.15) is 47.9 Å². The van der Waals surface area contributed by atoms with E-state index >= 15 is 0 Å². The summed E-state index contributed by atoms with van der Waals surface area (Å²) in [6.07, 6.45) is 0. The van der Waals surface area contributed by atoms with Crippen LogP contribution in [0.4, 0.5) is 0 Å². The van der Waals surface area contributed by atoms with Gasteiger partial charge < -0.3 is 0 Å². The lowest BCUT2D eigenvalue weighted by Gasteiger charge is -2.15. The standard InChI is InChI=1S/C16H22S/c1-9-10(2)12(4)15-13(11(9)3)8-14(17-15)16(5,6)7/h8H,1-7H3. The van der Waals surface area contributed by atoms with E-state index in [2.05, 4.69) is 54.5 Å². The van der Waals surface area contributed by atoms with Gasteiger partial charge in [-0.1, -0.05) is 20.8 Å². The average molecular weight is 246 g/mol. The van der Waals surface area contributed by atoms with E-state index in [9.17, 15) is 0 Å². The summed E-state index contributed by atoms with van der Waals surface area (Å²) in [4.78, 5) is 1.49. The summed E-state index contributed by atoms with van der Waals surface area (Å²) in [5.41, 5.74) is 6.08. The Morgan fingerprint density at radius 1 is 0.824 bits per heavy atom. The van der Waals surface area contributed by atoms with Gasteiger partial charge in [-0.25, -0.2) is 0 Å². The smallest absolute Gasteiger partial charge is 0.0380 e. The molecule has 0 nitrogen and oxygen atoms in total. The second-order valence-electron chi connectivity index (χ2n) is 6.10. The molecule has 0 N–H and O–H groups in total. The molecule has 2 aromatic rings. The van der Waals surface area contributed by atoms with E-state index in [0.717, 1.165) is 0 Å². The topological polar surface area (TPSA) is 0 Å². The molecule has 0 saturated carbocycles. The maximum atomic E-state index is 2.40. The molecule has 1 aromatic heterocycles. The maximum absolute atomic E-state index is 2.40. The summed E-state index contributed by atoms with van der Waals surface area (Å²) in [5.74, 6) is 0. The van der Waals surface area contributed by atoms with Gasteiger partial charge in [-0.2, -0.15) is 0 Å². The Labute approximate surface area is 109 Å². The van der Waals surface area contributed by atoms with Crippen molar-refractivity contribution in [1.82, 2.24) is 0 Å². The minimum Gasteiger partial charge on any atom is -0.139 e. The third kappa shape index (κ3) is 1.91. The SMILES string of the molecule is Cc1c(C)c(C)c2sc(C(C)(C)C)cc2c1C. The van der Waals surface area contributed by atoms with Crippen LogP contribution in [0, 0.1) is 27.7 Å². The van der Waals surface area contributed by atoms with Gasteiger partial charge in [0.25, 0.3) is 0 Å². The molecule has 2 rings (SSSR count). The molecule has 1 heterocycles. The van der Waals surface area contributed by atoms with E-state index in [-0.39, 0.29) is 5.41 Å². The Hall–Kier alpha value is -0.820. The van der Waals surface area contributed by atoms with Gasteiger partial charge in [0.15, 0.2) is 0 Å². The summed E-state index contributed by atoms with van der Waals surface area (Å²) in [6.45, 7) is 15.9. The van der Waals surface area contributed by atoms with Crippen molar-refractivity contribution in [2.75, 3.05) is 0 Å². The number of fused-ring (bicyclic) bond motifs is 1. The lowest BCUT2D eigenvalue weighted by atomic mass is 9.92. The Morgan fingerprint density at radius 3 is 1.88 bits per heavy atom. The summed E-state index contributed by atoms with van der Waals surface area (Å²) in [5, 5.41) is 1.46. The van der Waals surface area contributed by atoms with Crippen LogP contribution in [-0.2, 0) is 5.41 Å². The second kappa shape index (κ2) is 3.84. The van der Waals surface area contributed by atoms with Crippen LogP contribution in [0.5, 0.6) is 0 Å². The first-order chi connectivity index (χ1) is 7.73. The van der Waals surface area contributed by atoms with Crippen molar-refractivity contribution in [2.45, 2.75) is 53.9 Å². The highest BCUT2D eigenvalue weighted by Crippen LogP contribution is 2.39. The van der Waals surface area contributed by atoms with Gasteiger partial charge in [-0.05, 0) is 66.8 Å².